The second-order valence-electron chi connectivity index (χ2n) is 6.93. The summed E-state index contributed by atoms with van der Waals surface area (Å²) in [5.74, 6) is 0.568. The molecule has 0 N–H and O–H groups in total. The van der Waals surface area contributed by atoms with E-state index in [0.717, 1.165) is 38.2 Å². The molecule has 1 atom stereocenters. The summed E-state index contributed by atoms with van der Waals surface area (Å²) in [6.07, 6.45) is 0.977. The molecular weight excluding hydrogens is 332 g/mol. The van der Waals surface area contributed by atoms with E-state index in [2.05, 4.69) is 27.2 Å². The Morgan fingerprint density at radius 1 is 1.27 bits per heavy atom. The monoisotopic (exact) mass is 356 g/mol. The van der Waals surface area contributed by atoms with Crippen molar-refractivity contribution in [3.05, 3.63) is 30.3 Å². The van der Waals surface area contributed by atoms with E-state index in [0.29, 0.717) is 19.0 Å². The van der Waals surface area contributed by atoms with E-state index in [-0.39, 0.29) is 18.0 Å². The minimum Gasteiger partial charge on any atom is -0.379 e. The lowest BCUT2D eigenvalue weighted by atomic mass is 9.92. The van der Waals surface area contributed by atoms with Crippen LogP contribution in [0.4, 0.5) is 0 Å². The summed E-state index contributed by atoms with van der Waals surface area (Å²) in [5.41, 5.74) is 0.859. The molecule has 8 heteroatoms. The molecule has 2 aromatic rings. The Hall–Kier alpha value is -2.32. The minimum absolute atomic E-state index is 0.0315. The second kappa shape index (κ2) is 7.13. The van der Waals surface area contributed by atoms with Gasteiger partial charge in [0.15, 0.2) is 0 Å². The number of carbonyl (C=O) groups is 1. The standard InChI is InChI=1S/C18H24N6O2/c1-2-23-10-9-22(13-18(23)8-11-26-14-18)16(25)12-24-20-17(19-21-24)15-6-4-3-5-7-15/h3-7H,2,8-14H2,1H3. The summed E-state index contributed by atoms with van der Waals surface area (Å²) < 4.78 is 5.65. The zero-order valence-corrected chi connectivity index (χ0v) is 15.0. The second-order valence-corrected chi connectivity index (χ2v) is 6.93. The maximum atomic E-state index is 12.8. The Labute approximate surface area is 152 Å². The predicted molar refractivity (Wildman–Crippen MR) is 95.2 cm³/mol. The highest BCUT2D eigenvalue weighted by Gasteiger charge is 2.45. The van der Waals surface area contributed by atoms with E-state index < -0.39 is 0 Å². The molecule has 3 heterocycles. The third-order valence-electron chi connectivity index (χ3n) is 5.37. The first kappa shape index (κ1) is 17.1. The molecule has 8 nitrogen and oxygen atoms in total. The van der Waals surface area contributed by atoms with Gasteiger partial charge >= 0.3 is 0 Å². The quantitative estimate of drug-likeness (QED) is 0.801. The fourth-order valence-electron chi connectivity index (χ4n) is 3.92. The van der Waals surface area contributed by atoms with E-state index in [4.69, 9.17) is 4.74 Å². The molecule has 0 aliphatic carbocycles. The van der Waals surface area contributed by atoms with Crippen LogP contribution in [0.3, 0.4) is 0 Å². The van der Waals surface area contributed by atoms with Crippen LogP contribution in [0.25, 0.3) is 11.4 Å². The molecule has 1 spiro atoms. The largest absolute Gasteiger partial charge is 0.379 e. The van der Waals surface area contributed by atoms with E-state index >= 15 is 0 Å². The number of piperazine rings is 1. The molecule has 2 aliphatic rings. The lowest BCUT2D eigenvalue weighted by Gasteiger charge is -2.47. The molecule has 0 saturated carbocycles. The Bertz CT molecular complexity index is 756. The highest BCUT2D eigenvalue weighted by Crippen LogP contribution is 2.30. The van der Waals surface area contributed by atoms with Crippen molar-refractivity contribution in [3.63, 3.8) is 0 Å². The van der Waals surface area contributed by atoms with Crippen molar-refractivity contribution in [1.29, 1.82) is 0 Å². The molecule has 1 aromatic heterocycles. The van der Waals surface area contributed by atoms with Crippen LogP contribution in [0.15, 0.2) is 30.3 Å². The Kier molecular flexibility index (Phi) is 4.69. The van der Waals surface area contributed by atoms with Crippen LogP contribution in [-0.2, 0) is 16.1 Å². The molecular formula is C18H24N6O2. The summed E-state index contributed by atoms with van der Waals surface area (Å²) in [6, 6.07) is 9.65. The van der Waals surface area contributed by atoms with Crippen molar-refractivity contribution in [2.45, 2.75) is 25.4 Å². The van der Waals surface area contributed by atoms with Crippen molar-refractivity contribution >= 4 is 5.91 Å². The number of carbonyl (C=O) groups excluding carboxylic acids is 1. The van der Waals surface area contributed by atoms with Gasteiger partial charge in [-0.05, 0) is 18.2 Å². The maximum absolute atomic E-state index is 12.8. The molecule has 0 radical (unpaired) electrons. The summed E-state index contributed by atoms with van der Waals surface area (Å²) >= 11 is 0. The Balaban J connectivity index is 1.43. The van der Waals surface area contributed by atoms with Crippen molar-refractivity contribution in [3.8, 4) is 11.4 Å². The molecule has 1 amide bonds. The molecule has 2 aliphatic heterocycles. The predicted octanol–water partition coefficient (Wildman–Crippen LogP) is 0.663. The number of likely N-dealkylation sites (N-methyl/N-ethyl adjacent to an activating group) is 1. The van der Waals surface area contributed by atoms with Crippen LogP contribution in [0.1, 0.15) is 13.3 Å². The molecule has 26 heavy (non-hydrogen) atoms. The van der Waals surface area contributed by atoms with Crippen LogP contribution in [-0.4, -0.2) is 80.8 Å². The van der Waals surface area contributed by atoms with E-state index in [1.807, 2.05) is 35.2 Å². The van der Waals surface area contributed by atoms with Gasteiger partial charge in [-0.15, -0.1) is 10.2 Å². The average Bonchev–Trinajstić information content (AvgIpc) is 3.33. The lowest BCUT2D eigenvalue weighted by molar-refractivity contribution is -0.138. The van der Waals surface area contributed by atoms with Gasteiger partial charge in [0.2, 0.25) is 11.7 Å². The maximum Gasteiger partial charge on any atom is 0.246 e. The number of amides is 1. The Morgan fingerprint density at radius 3 is 2.85 bits per heavy atom. The number of hydrogen-bond acceptors (Lipinski definition) is 6. The van der Waals surface area contributed by atoms with Crippen LogP contribution in [0, 0.1) is 0 Å². The molecule has 2 fully saturated rings. The number of benzene rings is 1. The van der Waals surface area contributed by atoms with Crippen LogP contribution >= 0.6 is 0 Å². The van der Waals surface area contributed by atoms with Gasteiger partial charge in [-0.1, -0.05) is 37.3 Å². The number of nitrogens with zero attached hydrogens (tertiary/aromatic N) is 6. The van der Waals surface area contributed by atoms with Gasteiger partial charge in [0.25, 0.3) is 0 Å². The van der Waals surface area contributed by atoms with Crippen LogP contribution < -0.4 is 0 Å². The van der Waals surface area contributed by atoms with E-state index in [1.54, 1.807) is 0 Å². The number of aromatic nitrogens is 4. The average molecular weight is 356 g/mol. The number of rotatable bonds is 4. The fraction of sp³-hybridized carbons (Fsp3) is 0.556. The van der Waals surface area contributed by atoms with Gasteiger partial charge < -0.3 is 9.64 Å². The molecule has 1 aromatic carbocycles. The molecule has 2 saturated heterocycles. The van der Waals surface area contributed by atoms with Crippen molar-refractivity contribution < 1.29 is 9.53 Å². The highest BCUT2D eigenvalue weighted by molar-refractivity contribution is 5.76. The van der Waals surface area contributed by atoms with E-state index in [9.17, 15) is 4.79 Å². The number of ether oxygens (including phenoxy) is 1. The molecule has 1 unspecified atom stereocenters. The van der Waals surface area contributed by atoms with Crippen LogP contribution in [0.5, 0.6) is 0 Å². The zero-order valence-electron chi connectivity index (χ0n) is 15.0. The summed E-state index contributed by atoms with van der Waals surface area (Å²) in [4.78, 5) is 18.5. The SMILES string of the molecule is CCN1CCN(C(=O)Cn2nnc(-c3ccccc3)n2)CC12CCOC2. The summed E-state index contributed by atoms with van der Waals surface area (Å²) in [5, 5.41) is 12.5. The van der Waals surface area contributed by atoms with Gasteiger partial charge in [0, 0.05) is 31.8 Å². The van der Waals surface area contributed by atoms with Crippen LogP contribution in [0.2, 0.25) is 0 Å². The van der Waals surface area contributed by atoms with E-state index in [1.165, 1.54) is 4.80 Å². The number of hydrogen-bond donors (Lipinski definition) is 0. The normalized spacial score (nSPS) is 23.7. The third kappa shape index (κ3) is 3.22. The number of tetrazole rings is 1. The Morgan fingerprint density at radius 2 is 2.12 bits per heavy atom. The van der Waals surface area contributed by atoms with Crippen molar-refractivity contribution in [1.82, 2.24) is 30.0 Å². The van der Waals surface area contributed by atoms with Crippen molar-refractivity contribution in [2.24, 2.45) is 0 Å². The zero-order chi connectivity index (χ0) is 18.0. The smallest absolute Gasteiger partial charge is 0.246 e. The first-order chi connectivity index (χ1) is 12.7. The molecule has 4 rings (SSSR count). The minimum atomic E-state index is -0.0341. The topological polar surface area (TPSA) is 76.4 Å². The van der Waals surface area contributed by atoms with Gasteiger partial charge in [0.1, 0.15) is 6.54 Å². The lowest BCUT2D eigenvalue weighted by Crippen LogP contribution is -2.63. The van der Waals surface area contributed by atoms with Crippen molar-refractivity contribution in [2.75, 3.05) is 39.4 Å². The first-order valence-corrected chi connectivity index (χ1v) is 9.14. The van der Waals surface area contributed by atoms with Gasteiger partial charge in [0.05, 0.1) is 12.1 Å². The highest BCUT2D eigenvalue weighted by atomic mass is 16.5. The summed E-state index contributed by atoms with van der Waals surface area (Å²) in [6.45, 7) is 7.05. The molecule has 0 bridgehead atoms. The summed E-state index contributed by atoms with van der Waals surface area (Å²) in [7, 11) is 0. The first-order valence-electron chi connectivity index (χ1n) is 9.14. The van der Waals surface area contributed by atoms with Gasteiger partial charge in [-0.3, -0.25) is 9.69 Å². The fourth-order valence-corrected chi connectivity index (χ4v) is 3.92. The third-order valence-corrected chi connectivity index (χ3v) is 5.37. The molecule has 138 valence electrons. The van der Waals surface area contributed by atoms with Gasteiger partial charge in [-0.25, -0.2) is 0 Å². The van der Waals surface area contributed by atoms with Gasteiger partial charge in [-0.2, -0.15) is 4.80 Å².